The highest BCUT2D eigenvalue weighted by Gasteiger charge is 2.38. The first-order valence-corrected chi connectivity index (χ1v) is 5.95. The molecule has 3 heterocycles. The Morgan fingerprint density at radius 1 is 1.29 bits per heavy atom. The van der Waals surface area contributed by atoms with Crippen LogP contribution in [0.1, 0.15) is 11.4 Å². The van der Waals surface area contributed by atoms with Crippen molar-refractivity contribution in [2.24, 2.45) is 7.05 Å². The maximum Gasteiger partial charge on any atom is 0.434 e. The summed E-state index contributed by atoms with van der Waals surface area (Å²) in [5.41, 5.74) is -1.90. The maximum absolute atomic E-state index is 13.2. The lowest BCUT2D eigenvalue weighted by Gasteiger charge is -2.10. The number of halogens is 3. The van der Waals surface area contributed by atoms with E-state index in [0.29, 0.717) is 5.69 Å². The molecule has 0 aromatic carbocycles. The van der Waals surface area contributed by atoms with E-state index in [1.54, 1.807) is 14.0 Å². The number of aromatic nitrogens is 5. The van der Waals surface area contributed by atoms with Crippen LogP contribution in [0.15, 0.2) is 23.4 Å². The molecular weight excluding hydrogens is 287 g/mol. The third-order valence-electron chi connectivity index (χ3n) is 3.01. The van der Waals surface area contributed by atoms with Crippen molar-refractivity contribution in [2.45, 2.75) is 13.1 Å². The van der Waals surface area contributed by atoms with Gasteiger partial charge in [-0.25, -0.2) is 4.98 Å². The van der Waals surface area contributed by atoms with Crippen molar-refractivity contribution in [3.8, 4) is 11.1 Å². The molecule has 1 N–H and O–H groups in total. The van der Waals surface area contributed by atoms with Crippen molar-refractivity contribution >= 4 is 5.78 Å². The second-order valence-electron chi connectivity index (χ2n) is 4.67. The van der Waals surface area contributed by atoms with Crippen molar-refractivity contribution in [2.75, 3.05) is 0 Å². The predicted molar refractivity (Wildman–Crippen MR) is 67.8 cm³/mol. The van der Waals surface area contributed by atoms with E-state index in [0.717, 1.165) is 4.40 Å². The van der Waals surface area contributed by atoms with E-state index >= 15 is 0 Å². The van der Waals surface area contributed by atoms with Crippen LogP contribution in [0.4, 0.5) is 13.2 Å². The second-order valence-corrected chi connectivity index (χ2v) is 4.67. The number of H-pyrrole nitrogens is 1. The zero-order valence-corrected chi connectivity index (χ0v) is 11.1. The van der Waals surface area contributed by atoms with E-state index in [-0.39, 0.29) is 11.3 Å². The summed E-state index contributed by atoms with van der Waals surface area (Å²) in [6, 6.07) is 0. The van der Waals surface area contributed by atoms with Crippen molar-refractivity contribution in [1.29, 1.82) is 0 Å². The van der Waals surface area contributed by atoms with Gasteiger partial charge in [0.25, 0.3) is 5.56 Å². The Morgan fingerprint density at radius 3 is 2.57 bits per heavy atom. The molecule has 0 spiro atoms. The number of aromatic amines is 1. The number of nitrogens with zero attached hydrogens (tertiary/aromatic N) is 4. The minimum atomic E-state index is -4.74. The fourth-order valence-electron chi connectivity index (χ4n) is 2.16. The van der Waals surface area contributed by atoms with Crippen molar-refractivity contribution in [3.05, 3.63) is 40.3 Å². The van der Waals surface area contributed by atoms with Crippen LogP contribution in [0.5, 0.6) is 0 Å². The number of fused-ring (bicyclic) bond motifs is 1. The predicted octanol–water partition coefficient (Wildman–Crippen LogP) is 1.75. The van der Waals surface area contributed by atoms with Gasteiger partial charge in [0.15, 0.2) is 5.69 Å². The minimum absolute atomic E-state index is 0.0792. The van der Waals surface area contributed by atoms with Gasteiger partial charge >= 0.3 is 6.18 Å². The molecule has 0 saturated heterocycles. The summed E-state index contributed by atoms with van der Waals surface area (Å²) in [7, 11) is 1.56. The number of nitrogens with one attached hydrogen (secondary N) is 1. The summed E-state index contributed by atoms with van der Waals surface area (Å²) in [4.78, 5) is 18.6. The summed E-state index contributed by atoms with van der Waals surface area (Å²) in [5.74, 6) is -0.141. The highest BCUT2D eigenvalue weighted by Crippen LogP contribution is 2.33. The van der Waals surface area contributed by atoms with E-state index in [2.05, 4.69) is 15.1 Å². The van der Waals surface area contributed by atoms with Crippen LogP contribution in [-0.2, 0) is 13.2 Å². The Balaban J connectivity index is 2.45. The molecular formula is C12H10F3N5O. The van der Waals surface area contributed by atoms with E-state index in [4.69, 9.17) is 0 Å². The minimum Gasteiger partial charge on any atom is -0.328 e. The average Bonchev–Trinajstić information content (AvgIpc) is 2.93. The number of hydrogen-bond acceptors (Lipinski definition) is 3. The van der Waals surface area contributed by atoms with Gasteiger partial charge in [0.2, 0.25) is 5.78 Å². The smallest absolute Gasteiger partial charge is 0.328 e. The van der Waals surface area contributed by atoms with Crippen LogP contribution < -0.4 is 5.56 Å². The Hall–Kier alpha value is -2.58. The third kappa shape index (κ3) is 2.10. The van der Waals surface area contributed by atoms with Gasteiger partial charge in [-0.15, -0.1) is 0 Å². The normalized spacial score (nSPS) is 12.2. The zero-order valence-electron chi connectivity index (χ0n) is 11.1. The Kier molecular flexibility index (Phi) is 2.68. The molecule has 0 bridgehead atoms. The fraction of sp³-hybridized carbons (Fsp3) is 0.250. The Labute approximate surface area is 115 Å². The van der Waals surface area contributed by atoms with Crippen molar-refractivity contribution < 1.29 is 13.2 Å². The maximum atomic E-state index is 13.2. The van der Waals surface area contributed by atoms with Gasteiger partial charge in [0, 0.05) is 30.7 Å². The van der Waals surface area contributed by atoms with Crippen LogP contribution in [0.3, 0.4) is 0 Å². The molecule has 0 unspecified atom stereocenters. The molecule has 21 heavy (non-hydrogen) atoms. The first kappa shape index (κ1) is 13.4. The fourth-order valence-corrected chi connectivity index (χ4v) is 2.16. The number of aryl methyl sites for hydroxylation is 2. The standard InChI is InChI=1S/C12H10F3N5O/c1-6-4-20-10(21)8(7-3-16-19(2)5-7)9(12(13,14)15)18-11(20)17-6/h3-5H,1-2H3,(H,17,18). The van der Waals surface area contributed by atoms with Crippen LogP contribution in [0.25, 0.3) is 16.9 Å². The Morgan fingerprint density at radius 2 is 2.00 bits per heavy atom. The quantitative estimate of drug-likeness (QED) is 0.744. The molecule has 110 valence electrons. The van der Waals surface area contributed by atoms with Crippen LogP contribution >= 0.6 is 0 Å². The van der Waals surface area contributed by atoms with Gasteiger partial charge in [-0.3, -0.25) is 13.9 Å². The van der Waals surface area contributed by atoms with Gasteiger partial charge in [-0.05, 0) is 6.92 Å². The van der Waals surface area contributed by atoms with Crippen LogP contribution in [0.2, 0.25) is 0 Å². The molecule has 0 aliphatic carbocycles. The Bertz CT molecular complexity index is 887. The third-order valence-corrected chi connectivity index (χ3v) is 3.01. The molecule has 0 aliphatic rings. The summed E-state index contributed by atoms with van der Waals surface area (Å²) in [6.45, 7) is 1.63. The van der Waals surface area contributed by atoms with E-state index < -0.39 is 23.0 Å². The zero-order chi connectivity index (χ0) is 15.4. The first-order valence-electron chi connectivity index (χ1n) is 5.95. The second kappa shape index (κ2) is 4.21. The number of imidazole rings is 1. The highest BCUT2D eigenvalue weighted by molar-refractivity contribution is 5.65. The number of rotatable bonds is 1. The first-order chi connectivity index (χ1) is 9.77. The molecule has 3 aromatic heterocycles. The van der Waals surface area contributed by atoms with E-state index in [1.807, 2.05) is 0 Å². The van der Waals surface area contributed by atoms with Gasteiger partial charge in [-0.1, -0.05) is 0 Å². The lowest BCUT2D eigenvalue weighted by atomic mass is 10.1. The van der Waals surface area contributed by atoms with E-state index in [9.17, 15) is 18.0 Å². The van der Waals surface area contributed by atoms with Crippen LogP contribution in [-0.4, -0.2) is 24.1 Å². The molecule has 0 saturated carbocycles. The number of hydrogen-bond donors (Lipinski definition) is 1. The topological polar surface area (TPSA) is 68.0 Å². The van der Waals surface area contributed by atoms with Crippen molar-refractivity contribution in [1.82, 2.24) is 24.1 Å². The van der Waals surface area contributed by atoms with Crippen LogP contribution in [0, 0.1) is 6.92 Å². The molecule has 3 aromatic rings. The average molecular weight is 297 g/mol. The molecule has 0 radical (unpaired) electrons. The summed E-state index contributed by atoms with van der Waals surface area (Å²) < 4.78 is 42.0. The lowest BCUT2D eigenvalue weighted by molar-refractivity contribution is -0.140. The van der Waals surface area contributed by atoms with Crippen molar-refractivity contribution in [3.63, 3.8) is 0 Å². The molecule has 0 fully saturated rings. The van der Waals surface area contributed by atoms with Gasteiger partial charge < -0.3 is 4.98 Å². The molecule has 6 nitrogen and oxygen atoms in total. The lowest BCUT2D eigenvalue weighted by Crippen LogP contribution is -2.23. The molecule has 0 aliphatic heterocycles. The van der Waals surface area contributed by atoms with Gasteiger partial charge in [0.1, 0.15) is 0 Å². The highest BCUT2D eigenvalue weighted by atomic mass is 19.4. The summed E-state index contributed by atoms with van der Waals surface area (Å²) in [5, 5.41) is 3.81. The van der Waals surface area contributed by atoms with Gasteiger partial charge in [-0.2, -0.15) is 18.3 Å². The monoisotopic (exact) mass is 297 g/mol. The van der Waals surface area contributed by atoms with E-state index in [1.165, 1.54) is 23.3 Å². The molecule has 3 rings (SSSR count). The molecule has 9 heteroatoms. The largest absolute Gasteiger partial charge is 0.434 e. The summed E-state index contributed by atoms with van der Waals surface area (Å²) in [6.07, 6.45) is -0.776. The summed E-state index contributed by atoms with van der Waals surface area (Å²) >= 11 is 0. The molecule has 0 amide bonds. The molecule has 0 atom stereocenters. The van der Waals surface area contributed by atoms with Gasteiger partial charge in [0.05, 0.1) is 11.8 Å². The SMILES string of the molecule is Cc1cn2c(=O)c(-c3cnn(C)c3)c(C(F)(F)F)nc2[nH]1. The number of alkyl halides is 3.